The number of ether oxygens (including phenoxy) is 1. The Morgan fingerprint density at radius 1 is 1.16 bits per heavy atom. The number of nitrogens with zero attached hydrogens (tertiary/aromatic N) is 6. The Morgan fingerprint density at radius 2 is 1.96 bits per heavy atom. The van der Waals surface area contributed by atoms with Crippen molar-refractivity contribution in [1.82, 2.24) is 25.2 Å². The van der Waals surface area contributed by atoms with Gasteiger partial charge in [0.2, 0.25) is 11.3 Å². The van der Waals surface area contributed by atoms with Crippen LogP contribution >= 0.6 is 0 Å². The first kappa shape index (κ1) is 16.5. The zero-order valence-electron chi connectivity index (χ0n) is 14.6. The molecule has 0 amide bonds. The highest BCUT2D eigenvalue weighted by atomic mass is 16.6. The SMILES string of the molecule is COCCN1CC[C@@H](CNc2nc3nonc3nc2N2CCCC2)C1. The molecule has 2 aliphatic rings. The van der Waals surface area contributed by atoms with Crippen molar-refractivity contribution < 1.29 is 9.37 Å². The minimum Gasteiger partial charge on any atom is -0.383 e. The number of rotatable bonds is 7. The second-order valence-corrected chi connectivity index (χ2v) is 6.83. The lowest BCUT2D eigenvalue weighted by Gasteiger charge is -2.20. The van der Waals surface area contributed by atoms with E-state index in [0.717, 1.165) is 57.5 Å². The number of nitrogens with one attached hydrogen (secondary N) is 1. The van der Waals surface area contributed by atoms with Gasteiger partial charge in [0.15, 0.2) is 11.6 Å². The van der Waals surface area contributed by atoms with Crippen LogP contribution in [0.1, 0.15) is 19.3 Å². The summed E-state index contributed by atoms with van der Waals surface area (Å²) < 4.78 is 9.95. The molecule has 4 rings (SSSR count). The van der Waals surface area contributed by atoms with Gasteiger partial charge in [-0.1, -0.05) is 0 Å². The van der Waals surface area contributed by atoms with Gasteiger partial charge in [-0.2, -0.15) is 0 Å². The van der Waals surface area contributed by atoms with E-state index in [2.05, 4.69) is 35.4 Å². The molecule has 0 aromatic carbocycles. The van der Waals surface area contributed by atoms with Crippen LogP contribution in [0.5, 0.6) is 0 Å². The number of anilines is 2. The zero-order chi connectivity index (χ0) is 17.1. The molecule has 2 fully saturated rings. The van der Waals surface area contributed by atoms with Crippen LogP contribution in [0.15, 0.2) is 4.63 Å². The minimum atomic E-state index is 0.457. The fraction of sp³-hybridized carbons (Fsp3) is 0.750. The topological polar surface area (TPSA) is 92.4 Å². The van der Waals surface area contributed by atoms with Gasteiger partial charge in [0, 0.05) is 39.8 Å². The lowest BCUT2D eigenvalue weighted by molar-refractivity contribution is 0.159. The first-order valence-electron chi connectivity index (χ1n) is 9.04. The summed E-state index contributed by atoms with van der Waals surface area (Å²) in [7, 11) is 1.75. The van der Waals surface area contributed by atoms with E-state index in [1.807, 2.05) is 0 Å². The van der Waals surface area contributed by atoms with E-state index in [-0.39, 0.29) is 0 Å². The van der Waals surface area contributed by atoms with Crippen LogP contribution in [-0.2, 0) is 4.74 Å². The average Bonchev–Trinajstić information content (AvgIpc) is 3.38. The summed E-state index contributed by atoms with van der Waals surface area (Å²) in [4.78, 5) is 13.9. The molecule has 25 heavy (non-hydrogen) atoms. The molecule has 2 aliphatic heterocycles. The van der Waals surface area contributed by atoms with E-state index < -0.39 is 0 Å². The molecule has 0 spiro atoms. The second kappa shape index (κ2) is 7.49. The van der Waals surface area contributed by atoms with Crippen LogP contribution < -0.4 is 10.2 Å². The van der Waals surface area contributed by atoms with Gasteiger partial charge in [-0.05, 0) is 42.0 Å². The summed E-state index contributed by atoms with van der Waals surface area (Å²) in [5.74, 6) is 2.27. The standard InChI is InChI=1S/C16H25N7O2/c1-24-9-8-22-7-4-12(11-22)10-17-15-16(23-5-2-3-6-23)19-14-13(18-15)20-25-21-14/h12H,2-11H2,1H3,(H,17,18,20)/t12-/m0/s1. The summed E-state index contributed by atoms with van der Waals surface area (Å²) >= 11 is 0. The molecule has 0 saturated carbocycles. The molecule has 0 aliphatic carbocycles. The summed E-state index contributed by atoms with van der Waals surface area (Å²) in [6, 6.07) is 0. The fourth-order valence-electron chi connectivity index (χ4n) is 3.64. The Hall–Kier alpha value is -2.00. The van der Waals surface area contributed by atoms with Crippen LogP contribution in [0.25, 0.3) is 11.3 Å². The van der Waals surface area contributed by atoms with Gasteiger partial charge in [0.25, 0.3) is 0 Å². The lowest BCUT2D eigenvalue weighted by Crippen LogP contribution is -2.27. The highest BCUT2D eigenvalue weighted by molar-refractivity contribution is 5.74. The van der Waals surface area contributed by atoms with E-state index in [9.17, 15) is 0 Å². The third kappa shape index (κ3) is 3.67. The minimum absolute atomic E-state index is 0.457. The first-order chi connectivity index (χ1) is 12.3. The second-order valence-electron chi connectivity index (χ2n) is 6.83. The molecule has 2 aromatic heterocycles. The summed E-state index contributed by atoms with van der Waals surface area (Å²) in [5, 5.41) is 11.2. The van der Waals surface area contributed by atoms with Crippen molar-refractivity contribution in [2.45, 2.75) is 19.3 Å². The van der Waals surface area contributed by atoms with Gasteiger partial charge in [0.05, 0.1) is 6.61 Å². The Balaban J connectivity index is 1.44. The Labute approximate surface area is 146 Å². The van der Waals surface area contributed by atoms with Gasteiger partial charge in [-0.15, -0.1) is 0 Å². The molecule has 9 nitrogen and oxygen atoms in total. The summed E-state index contributed by atoms with van der Waals surface area (Å²) in [6.07, 6.45) is 3.57. The fourth-order valence-corrected chi connectivity index (χ4v) is 3.64. The quantitative estimate of drug-likeness (QED) is 0.787. The van der Waals surface area contributed by atoms with Crippen molar-refractivity contribution in [3.05, 3.63) is 0 Å². The van der Waals surface area contributed by atoms with Gasteiger partial charge in [-0.25, -0.2) is 14.6 Å². The van der Waals surface area contributed by atoms with Crippen molar-refractivity contribution in [1.29, 1.82) is 0 Å². The smallest absolute Gasteiger partial charge is 0.245 e. The van der Waals surface area contributed by atoms with Crippen LogP contribution in [0.3, 0.4) is 0 Å². The number of likely N-dealkylation sites (tertiary alicyclic amines) is 1. The van der Waals surface area contributed by atoms with Crippen molar-refractivity contribution in [2.24, 2.45) is 5.92 Å². The van der Waals surface area contributed by atoms with Gasteiger partial charge >= 0.3 is 0 Å². The van der Waals surface area contributed by atoms with Gasteiger partial charge in [-0.3, -0.25) is 0 Å². The molecular weight excluding hydrogens is 322 g/mol. The van der Waals surface area contributed by atoms with E-state index in [1.54, 1.807) is 7.11 Å². The zero-order valence-corrected chi connectivity index (χ0v) is 14.6. The molecule has 1 atom stereocenters. The average molecular weight is 347 g/mol. The molecule has 9 heteroatoms. The molecule has 4 heterocycles. The highest BCUT2D eigenvalue weighted by Crippen LogP contribution is 2.27. The first-order valence-corrected chi connectivity index (χ1v) is 9.04. The Morgan fingerprint density at radius 3 is 2.76 bits per heavy atom. The van der Waals surface area contributed by atoms with Crippen LogP contribution in [0.2, 0.25) is 0 Å². The summed E-state index contributed by atoms with van der Waals surface area (Å²) in [5.41, 5.74) is 0.928. The van der Waals surface area contributed by atoms with Crippen LogP contribution in [0.4, 0.5) is 11.6 Å². The predicted octanol–water partition coefficient (Wildman–Crippen LogP) is 0.993. The molecule has 136 valence electrons. The number of methoxy groups -OCH3 is 1. The highest BCUT2D eigenvalue weighted by Gasteiger charge is 2.24. The van der Waals surface area contributed by atoms with Crippen molar-refractivity contribution in [2.75, 3.05) is 63.2 Å². The summed E-state index contributed by atoms with van der Waals surface area (Å²) in [6.45, 7) is 6.92. The van der Waals surface area contributed by atoms with E-state index >= 15 is 0 Å². The lowest BCUT2D eigenvalue weighted by atomic mass is 10.1. The number of hydrogen-bond acceptors (Lipinski definition) is 9. The predicted molar refractivity (Wildman–Crippen MR) is 93.8 cm³/mol. The molecule has 2 aromatic rings. The third-order valence-electron chi connectivity index (χ3n) is 5.04. The third-order valence-corrected chi connectivity index (χ3v) is 5.04. The van der Waals surface area contributed by atoms with Crippen molar-refractivity contribution in [3.8, 4) is 0 Å². The molecule has 1 N–H and O–H groups in total. The molecule has 2 saturated heterocycles. The maximum atomic E-state index is 5.17. The van der Waals surface area contributed by atoms with Gasteiger partial charge < -0.3 is 19.9 Å². The monoisotopic (exact) mass is 347 g/mol. The normalized spacial score (nSPS) is 21.5. The van der Waals surface area contributed by atoms with E-state index in [4.69, 9.17) is 9.37 Å². The number of hydrogen-bond donors (Lipinski definition) is 1. The molecular formula is C16H25N7O2. The molecule has 0 unspecified atom stereocenters. The van der Waals surface area contributed by atoms with Crippen molar-refractivity contribution >= 4 is 22.9 Å². The number of fused-ring (bicyclic) bond motifs is 1. The van der Waals surface area contributed by atoms with Crippen LogP contribution in [-0.4, -0.2) is 78.2 Å². The Bertz CT molecular complexity index is 701. The molecule has 0 bridgehead atoms. The molecule has 0 radical (unpaired) electrons. The maximum absolute atomic E-state index is 5.17. The Kier molecular flexibility index (Phi) is 4.93. The van der Waals surface area contributed by atoms with Crippen LogP contribution in [0, 0.1) is 5.92 Å². The van der Waals surface area contributed by atoms with E-state index in [0.29, 0.717) is 17.2 Å². The maximum Gasteiger partial charge on any atom is 0.245 e. The number of aromatic nitrogens is 4. The van der Waals surface area contributed by atoms with E-state index in [1.165, 1.54) is 19.3 Å². The van der Waals surface area contributed by atoms with Gasteiger partial charge in [0.1, 0.15) is 0 Å². The largest absolute Gasteiger partial charge is 0.383 e. The van der Waals surface area contributed by atoms with Crippen molar-refractivity contribution in [3.63, 3.8) is 0 Å².